The summed E-state index contributed by atoms with van der Waals surface area (Å²) in [7, 11) is 0. The molecule has 0 saturated heterocycles. The van der Waals surface area contributed by atoms with Crippen LogP contribution in [0.1, 0.15) is 16.1 Å². The molecule has 6 nitrogen and oxygen atoms in total. The van der Waals surface area contributed by atoms with Gasteiger partial charge in [0, 0.05) is 5.56 Å². The summed E-state index contributed by atoms with van der Waals surface area (Å²) in [5.41, 5.74) is 0.941. The highest BCUT2D eigenvalue weighted by atomic mass is 19.3. The summed E-state index contributed by atoms with van der Waals surface area (Å²) in [4.78, 5) is 17.3. The number of anilines is 1. The largest absolute Gasteiger partial charge is 0.433 e. The molecule has 0 aliphatic carbocycles. The van der Waals surface area contributed by atoms with E-state index in [0.717, 1.165) is 0 Å². The second kappa shape index (κ2) is 7.86. The lowest BCUT2D eigenvalue weighted by molar-refractivity contribution is -0.0493. The molecule has 0 bridgehead atoms. The number of halogens is 3. The molecule has 4 aromatic rings. The summed E-state index contributed by atoms with van der Waals surface area (Å²) in [6.45, 7) is -1.43. The Bertz CT molecular complexity index is 1240. The van der Waals surface area contributed by atoms with Gasteiger partial charge in [0.2, 0.25) is 0 Å². The number of ether oxygens (including phenoxy) is 1. The van der Waals surface area contributed by atoms with E-state index < -0.39 is 18.3 Å². The number of aromatic nitrogens is 2. The van der Waals surface area contributed by atoms with Gasteiger partial charge in [-0.3, -0.25) is 4.79 Å². The second-order valence-corrected chi connectivity index (χ2v) is 6.31. The molecule has 2 aromatic carbocycles. The van der Waals surface area contributed by atoms with Gasteiger partial charge in [-0.1, -0.05) is 29.4 Å². The number of pyridine rings is 1. The monoisotopic (exact) mass is 413 g/mol. The molecule has 4 rings (SSSR count). The molecule has 0 spiro atoms. The molecule has 1 N–H and O–H groups in total. The highest BCUT2D eigenvalue weighted by molar-refractivity contribution is 6.13. The van der Waals surface area contributed by atoms with E-state index >= 15 is 0 Å². The topological polar surface area (TPSA) is 77.2 Å². The minimum Gasteiger partial charge on any atom is -0.433 e. The van der Waals surface area contributed by atoms with Crippen molar-refractivity contribution in [2.75, 3.05) is 5.32 Å². The molecule has 2 aromatic heterocycles. The summed E-state index contributed by atoms with van der Waals surface area (Å²) in [6, 6.07) is 13.1. The number of fused-ring (bicyclic) bond motifs is 1. The molecular weight excluding hydrogens is 399 g/mol. The quantitative estimate of drug-likeness (QED) is 0.487. The van der Waals surface area contributed by atoms with Crippen LogP contribution in [0.25, 0.3) is 22.4 Å². The Kier molecular flexibility index (Phi) is 5.09. The number of nitrogens with zero attached hydrogens (tertiary/aromatic N) is 2. The van der Waals surface area contributed by atoms with Gasteiger partial charge >= 0.3 is 6.61 Å². The van der Waals surface area contributed by atoms with Gasteiger partial charge in [-0.25, -0.2) is 9.37 Å². The fourth-order valence-corrected chi connectivity index (χ4v) is 3.04. The normalized spacial score (nSPS) is 11.1. The van der Waals surface area contributed by atoms with Crippen molar-refractivity contribution in [3.8, 4) is 17.0 Å². The number of carbonyl (C=O) groups is 1. The lowest BCUT2D eigenvalue weighted by Gasteiger charge is -2.12. The fraction of sp³-hybridized carbons (Fsp3) is 0.0952. The molecule has 1 amide bonds. The van der Waals surface area contributed by atoms with Gasteiger partial charge in [-0.2, -0.15) is 8.78 Å². The number of rotatable bonds is 5. The standard InChI is InChI=1S/C21H14F3N3O3/c1-11-18-13(19(28)25-15-8-4-5-9-17(15)29-21(23)24)10-16(26-20(18)30-27-11)12-6-2-3-7-14(12)22/h2-10,21H,1H3,(H,25,28). The first kappa shape index (κ1) is 19.4. The highest BCUT2D eigenvalue weighted by Gasteiger charge is 2.21. The van der Waals surface area contributed by atoms with E-state index in [1.54, 1.807) is 19.1 Å². The van der Waals surface area contributed by atoms with Gasteiger partial charge < -0.3 is 14.6 Å². The minimum atomic E-state index is -3.05. The average molecular weight is 413 g/mol. The molecule has 2 heterocycles. The molecule has 0 atom stereocenters. The van der Waals surface area contributed by atoms with Crippen LogP contribution in [0, 0.1) is 12.7 Å². The molecular formula is C21H14F3N3O3. The van der Waals surface area contributed by atoms with Gasteiger partial charge in [0.1, 0.15) is 11.6 Å². The Morgan fingerprint density at radius 1 is 1.13 bits per heavy atom. The van der Waals surface area contributed by atoms with E-state index in [0.29, 0.717) is 11.1 Å². The smallest absolute Gasteiger partial charge is 0.387 e. The third kappa shape index (κ3) is 3.69. The number of para-hydroxylation sites is 2. The predicted octanol–water partition coefficient (Wildman–Crippen LogP) is 5.19. The molecule has 0 unspecified atom stereocenters. The van der Waals surface area contributed by atoms with Gasteiger partial charge in [0.25, 0.3) is 11.6 Å². The van der Waals surface area contributed by atoms with Crippen molar-refractivity contribution in [1.29, 1.82) is 0 Å². The Balaban J connectivity index is 1.80. The van der Waals surface area contributed by atoms with Crippen molar-refractivity contribution in [3.05, 3.63) is 71.7 Å². The van der Waals surface area contributed by atoms with Crippen LogP contribution < -0.4 is 10.1 Å². The first-order valence-corrected chi connectivity index (χ1v) is 8.81. The number of hydrogen-bond donors (Lipinski definition) is 1. The summed E-state index contributed by atoms with van der Waals surface area (Å²) in [5, 5.41) is 6.70. The van der Waals surface area contributed by atoms with E-state index in [2.05, 4.69) is 20.2 Å². The van der Waals surface area contributed by atoms with E-state index in [9.17, 15) is 18.0 Å². The lowest BCUT2D eigenvalue weighted by Crippen LogP contribution is -2.15. The van der Waals surface area contributed by atoms with Crippen LogP contribution in [0.4, 0.5) is 18.9 Å². The maximum Gasteiger partial charge on any atom is 0.387 e. The van der Waals surface area contributed by atoms with Crippen molar-refractivity contribution in [3.63, 3.8) is 0 Å². The first-order valence-electron chi connectivity index (χ1n) is 8.81. The molecule has 30 heavy (non-hydrogen) atoms. The van der Waals surface area contributed by atoms with Gasteiger partial charge in [0.15, 0.2) is 0 Å². The average Bonchev–Trinajstić information content (AvgIpc) is 3.09. The van der Waals surface area contributed by atoms with Crippen LogP contribution in [-0.2, 0) is 0 Å². The van der Waals surface area contributed by atoms with E-state index in [1.807, 2.05) is 0 Å². The Hall–Kier alpha value is -3.88. The molecule has 0 fully saturated rings. The van der Waals surface area contributed by atoms with Crippen LogP contribution in [-0.4, -0.2) is 22.7 Å². The molecule has 152 valence electrons. The van der Waals surface area contributed by atoms with E-state index in [-0.39, 0.29) is 34.0 Å². The lowest BCUT2D eigenvalue weighted by atomic mass is 10.0. The molecule has 0 aliphatic heterocycles. The van der Waals surface area contributed by atoms with Crippen molar-refractivity contribution in [1.82, 2.24) is 10.1 Å². The van der Waals surface area contributed by atoms with Gasteiger partial charge in [-0.05, 0) is 37.3 Å². The van der Waals surface area contributed by atoms with E-state index in [4.69, 9.17) is 4.52 Å². The maximum atomic E-state index is 14.3. The number of hydrogen-bond acceptors (Lipinski definition) is 5. The molecule has 0 aliphatic rings. The first-order chi connectivity index (χ1) is 14.4. The van der Waals surface area contributed by atoms with Crippen LogP contribution in [0.5, 0.6) is 5.75 Å². The summed E-state index contributed by atoms with van der Waals surface area (Å²) in [5.74, 6) is -1.36. The van der Waals surface area contributed by atoms with E-state index in [1.165, 1.54) is 42.5 Å². The zero-order valence-electron chi connectivity index (χ0n) is 15.5. The van der Waals surface area contributed by atoms with Crippen LogP contribution >= 0.6 is 0 Å². The maximum absolute atomic E-state index is 14.3. The number of alkyl halides is 2. The number of amides is 1. The third-order valence-electron chi connectivity index (χ3n) is 4.36. The number of carbonyl (C=O) groups excluding carboxylic acids is 1. The summed E-state index contributed by atoms with van der Waals surface area (Å²) in [6.07, 6.45) is 0. The fourth-order valence-electron chi connectivity index (χ4n) is 3.04. The van der Waals surface area contributed by atoms with Crippen LogP contribution in [0.2, 0.25) is 0 Å². The third-order valence-corrected chi connectivity index (χ3v) is 4.36. The highest BCUT2D eigenvalue weighted by Crippen LogP contribution is 2.30. The van der Waals surface area contributed by atoms with Crippen molar-refractivity contribution >= 4 is 22.7 Å². The summed E-state index contributed by atoms with van der Waals surface area (Å²) >= 11 is 0. The molecule has 0 saturated carbocycles. The number of nitrogens with one attached hydrogen (secondary N) is 1. The second-order valence-electron chi connectivity index (χ2n) is 6.31. The Labute approximate surface area is 168 Å². The summed E-state index contributed by atoms with van der Waals surface area (Å²) < 4.78 is 49.2. The number of aryl methyl sites for hydroxylation is 1. The SMILES string of the molecule is Cc1noc2nc(-c3ccccc3F)cc(C(=O)Nc3ccccc3OC(F)F)c12. The zero-order chi connectivity index (χ0) is 21.3. The van der Waals surface area contributed by atoms with Gasteiger partial charge in [-0.15, -0.1) is 0 Å². The van der Waals surface area contributed by atoms with Crippen LogP contribution in [0.3, 0.4) is 0 Å². The van der Waals surface area contributed by atoms with Gasteiger partial charge in [0.05, 0.1) is 28.0 Å². The van der Waals surface area contributed by atoms with Crippen molar-refractivity contribution in [2.45, 2.75) is 13.5 Å². The molecule has 0 radical (unpaired) electrons. The predicted molar refractivity (Wildman–Crippen MR) is 103 cm³/mol. The Morgan fingerprint density at radius 2 is 1.87 bits per heavy atom. The van der Waals surface area contributed by atoms with Crippen molar-refractivity contribution in [2.24, 2.45) is 0 Å². The number of benzene rings is 2. The van der Waals surface area contributed by atoms with Crippen LogP contribution in [0.15, 0.2) is 59.1 Å². The Morgan fingerprint density at radius 3 is 2.63 bits per heavy atom. The minimum absolute atomic E-state index is 0.0503. The molecule has 9 heteroatoms. The zero-order valence-corrected chi connectivity index (χ0v) is 15.5. The van der Waals surface area contributed by atoms with Crippen molar-refractivity contribution < 1.29 is 27.2 Å².